The van der Waals surface area contributed by atoms with Gasteiger partial charge in [0.25, 0.3) is 0 Å². The molecule has 0 spiro atoms. The first-order valence-electron chi connectivity index (χ1n) is 5.70. The molecule has 0 radical (unpaired) electrons. The smallest absolute Gasteiger partial charge is 0.246 e. The molecule has 86 valence electrons. The first-order valence-corrected chi connectivity index (χ1v) is 5.70. The van der Waals surface area contributed by atoms with Crippen LogP contribution in [0.1, 0.15) is 26.7 Å². The molecule has 15 heavy (non-hydrogen) atoms. The lowest BCUT2D eigenvalue weighted by Crippen LogP contribution is -2.38. The zero-order chi connectivity index (χ0) is 11.3. The predicted octanol–water partition coefficient (Wildman–Crippen LogP) is 1.41. The summed E-state index contributed by atoms with van der Waals surface area (Å²) >= 11 is 0. The number of carbonyl (C=O) groups is 1. The SMILES string of the molecule is CC(C)=CC(=O)N(C)CC1CCCNC1. The monoisotopic (exact) mass is 210 g/mol. The quantitative estimate of drug-likeness (QED) is 0.714. The molecule has 0 aromatic heterocycles. The highest BCUT2D eigenvalue weighted by Crippen LogP contribution is 2.11. The van der Waals surface area contributed by atoms with Gasteiger partial charge in [-0.15, -0.1) is 0 Å². The van der Waals surface area contributed by atoms with Gasteiger partial charge in [0.05, 0.1) is 0 Å². The van der Waals surface area contributed by atoms with E-state index in [1.165, 1.54) is 12.8 Å². The van der Waals surface area contributed by atoms with Crippen molar-refractivity contribution in [2.24, 2.45) is 5.92 Å². The molecular weight excluding hydrogens is 188 g/mol. The number of piperidine rings is 1. The Kier molecular flexibility index (Phi) is 4.82. The molecule has 1 heterocycles. The molecule has 0 aromatic carbocycles. The summed E-state index contributed by atoms with van der Waals surface area (Å²) in [5.41, 5.74) is 1.06. The number of nitrogens with one attached hydrogen (secondary N) is 1. The van der Waals surface area contributed by atoms with E-state index in [0.717, 1.165) is 25.2 Å². The Hall–Kier alpha value is -0.830. The Morgan fingerprint density at radius 1 is 1.53 bits per heavy atom. The Morgan fingerprint density at radius 2 is 2.27 bits per heavy atom. The number of carbonyl (C=O) groups excluding carboxylic acids is 1. The fraction of sp³-hybridized carbons (Fsp3) is 0.750. The Balaban J connectivity index is 2.36. The summed E-state index contributed by atoms with van der Waals surface area (Å²) in [6, 6.07) is 0. The highest BCUT2D eigenvalue weighted by atomic mass is 16.2. The van der Waals surface area contributed by atoms with Crippen molar-refractivity contribution in [1.29, 1.82) is 0 Å². The number of nitrogens with zero attached hydrogens (tertiary/aromatic N) is 1. The number of hydrogen-bond acceptors (Lipinski definition) is 2. The van der Waals surface area contributed by atoms with E-state index in [1.54, 1.807) is 6.08 Å². The first kappa shape index (κ1) is 12.2. The molecule has 1 rings (SSSR count). The average Bonchev–Trinajstić information content (AvgIpc) is 2.18. The van der Waals surface area contributed by atoms with Crippen LogP contribution in [0, 0.1) is 5.92 Å². The molecule has 1 fully saturated rings. The third-order valence-corrected chi connectivity index (χ3v) is 2.72. The van der Waals surface area contributed by atoms with Crippen molar-refractivity contribution in [3.8, 4) is 0 Å². The van der Waals surface area contributed by atoms with Gasteiger partial charge in [0, 0.05) is 19.7 Å². The summed E-state index contributed by atoms with van der Waals surface area (Å²) in [6.07, 6.45) is 4.17. The maximum absolute atomic E-state index is 11.7. The molecule has 1 saturated heterocycles. The normalized spacial score (nSPS) is 20.9. The zero-order valence-corrected chi connectivity index (χ0v) is 10.0. The van der Waals surface area contributed by atoms with Crippen LogP contribution in [0.3, 0.4) is 0 Å². The number of amides is 1. The van der Waals surface area contributed by atoms with Crippen molar-refractivity contribution >= 4 is 5.91 Å². The van der Waals surface area contributed by atoms with Crippen molar-refractivity contribution in [2.45, 2.75) is 26.7 Å². The van der Waals surface area contributed by atoms with E-state index < -0.39 is 0 Å². The van der Waals surface area contributed by atoms with E-state index in [4.69, 9.17) is 0 Å². The Labute approximate surface area is 92.5 Å². The van der Waals surface area contributed by atoms with Crippen LogP contribution in [-0.4, -0.2) is 37.5 Å². The second-order valence-corrected chi connectivity index (χ2v) is 4.65. The van der Waals surface area contributed by atoms with Crippen LogP contribution in [-0.2, 0) is 4.79 Å². The van der Waals surface area contributed by atoms with Gasteiger partial charge in [-0.2, -0.15) is 0 Å². The van der Waals surface area contributed by atoms with Crippen LogP contribution in [0.15, 0.2) is 11.6 Å². The van der Waals surface area contributed by atoms with E-state index in [-0.39, 0.29) is 5.91 Å². The Morgan fingerprint density at radius 3 is 2.80 bits per heavy atom. The summed E-state index contributed by atoms with van der Waals surface area (Å²) in [7, 11) is 1.89. The summed E-state index contributed by atoms with van der Waals surface area (Å²) in [5, 5.41) is 3.37. The molecule has 0 saturated carbocycles. The van der Waals surface area contributed by atoms with Gasteiger partial charge >= 0.3 is 0 Å². The maximum atomic E-state index is 11.7. The number of allylic oxidation sites excluding steroid dienone is 1. The minimum Gasteiger partial charge on any atom is -0.342 e. The second-order valence-electron chi connectivity index (χ2n) is 4.65. The predicted molar refractivity (Wildman–Crippen MR) is 62.7 cm³/mol. The maximum Gasteiger partial charge on any atom is 0.246 e. The van der Waals surface area contributed by atoms with Gasteiger partial charge in [-0.25, -0.2) is 0 Å². The highest BCUT2D eigenvalue weighted by Gasteiger charge is 2.16. The molecule has 1 aliphatic heterocycles. The van der Waals surface area contributed by atoms with Crippen molar-refractivity contribution < 1.29 is 4.79 Å². The van der Waals surface area contributed by atoms with Gasteiger partial charge < -0.3 is 10.2 Å². The molecule has 1 unspecified atom stereocenters. The standard InChI is InChI=1S/C12H22N2O/c1-10(2)7-12(15)14(3)9-11-5-4-6-13-8-11/h7,11,13H,4-6,8-9H2,1-3H3. The van der Waals surface area contributed by atoms with E-state index >= 15 is 0 Å². The minimum atomic E-state index is 0.126. The Bertz CT molecular complexity index is 238. The van der Waals surface area contributed by atoms with E-state index in [0.29, 0.717) is 5.92 Å². The van der Waals surface area contributed by atoms with Crippen molar-refractivity contribution in [3.05, 3.63) is 11.6 Å². The van der Waals surface area contributed by atoms with Gasteiger partial charge in [0.15, 0.2) is 0 Å². The summed E-state index contributed by atoms with van der Waals surface area (Å²) in [4.78, 5) is 13.5. The summed E-state index contributed by atoms with van der Waals surface area (Å²) in [5.74, 6) is 0.749. The number of likely N-dealkylation sites (N-methyl/N-ethyl adjacent to an activating group) is 1. The van der Waals surface area contributed by atoms with Crippen molar-refractivity contribution in [3.63, 3.8) is 0 Å². The zero-order valence-electron chi connectivity index (χ0n) is 10.0. The largest absolute Gasteiger partial charge is 0.342 e. The fourth-order valence-electron chi connectivity index (χ4n) is 1.91. The van der Waals surface area contributed by atoms with Gasteiger partial charge in [-0.05, 0) is 45.7 Å². The van der Waals surface area contributed by atoms with E-state index in [2.05, 4.69) is 5.32 Å². The number of rotatable bonds is 3. The van der Waals surface area contributed by atoms with Crippen LogP contribution in [0.2, 0.25) is 0 Å². The third-order valence-electron chi connectivity index (χ3n) is 2.72. The molecule has 3 heteroatoms. The van der Waals surface area contributed by atoms with E-state index in [9.17, 15) is 4.79 Å². The molecule has 1 amide bonds. The summed E-state index contributed by atoms with van der Waals surface area (Å²) in [6.45, 7) is 6.95. The molecule has 3 nitrogen and oxygen atoms in total. The minimum absolute atomic E-state index is 0.126. The molecule has 0 aromatic rings. The lowest BCUT2D eigenvalue weighted by atomic mass is 9.99. The van der Waals surface area contributed by atoms with Gasteiger partial charge in [0.1, 0.15) is 0 Å². The molecule has 1 atom stereocenters. The van der Waals surface area contributed by atoms with E-state index in [1.807, 2.05) is 25.8 Å². The van der Waals surface area contributed by atoms with Crippen molar-refractivity contribution in [2.75, 3.05) is 26.7 Å². The van der Waals surface area contributed by atoms with Gasteiger partial charge in [-0.1, -0.05) is 5.57 Å². The van der Waals surface area contributed by atoms with Crippen LogP contribution < -0.4 is 5.32 Å². The van der Waals surface area contributed by atoms with Gasteiger partial charge in [0.2, 0.25) is 5.91 Å². The summed E-state index contributed by atoms with van der Waals surface area (Å²) < 4.78 is 0. The van der Waals surface area contributed by atoms with Crippen LogP contribution in [0.25, 0.3) is 0 Å². The van der Waals surface area contributed by atoms with Gasteiger partial charge in [-0.3, -0.25) is 4.79 Å². The third kappa shape index (κ3) is 4.47. The van der Waals surface area contributed by atoms with Crippen LogP contribution >= 0.6 is 0 Å². The topological polar surface area (TPSA) is 32.3 Å². The molecule has 0 aliphatic carbocycles. The highest BCUT2D eigenvalue weighted by molar-refractivity contribution is 5.87. The molecule has 1 N–H and O–H groups in total. The second kappa shape index (κ2) is 5.91. The first-order chi connectivity index (χ1) is 7.09. The fourth-order valence-corrected chi connectivity index (χ4v) is 1.91. The number of hydrogen-bond donors (Lipinski definition) is 1. The van der Waals surface area contributed by atoms with Crippen LogP contribution in [0.4, 0.5) is 0 Å². The lowest BCUT2D eigenvalue weighted by molar-refractivity contribution is -0.125. The van der Waals surface area contributed by atoms with Crippen LogP contribution in [0.5, 0.6) is 0 Å². The average molecular weight is 210 g/mol. The molecular formula is C12H22N2O. The lowest BCUT2D eigenvalue weighted by Gasteiger charge is -2.27. The molecule has 0 bridgehead atoms. The van der Waals surface area contributed by atoms with Crippen molar-refractivity contribution in [1.82, 2.24) is 10.2 Å². The molecule has 1 aliphatic rings.